The van der Waals surface area contributed by atoms with Gasteiger partial charge in [-0.1, -0.05) is 73.7 Å². The molecule has 0 saturated carbocycles. The Morgan fingerprint density at radius 3 is 2.38 bits per heavy atom. The molecule has 0 aliphatic rings. The van der Waals surface area contributed by atoms with E-state index >= 15 is 0 Å². The zero-order valence-corrected chi connectivity index (χ0v) is 16.3. The van der Waals surface area contributed by atoms with Crippen LogP contribution in [0.5, 0.6) is 0 Å². The molecule has 140 valence electrons. The summed E-state index contributed by atoms with van der Waals surface area (Å²) in [7, 11) is 0. The Balaban J connectivity index is 1.62. The number of aromatic nitrogens is 2. The topological polar surface area (TPSA) is 37.8 Å². The maximum atomic E-state index is 4.86. The van der Waals surface area contributed by atoms with Crippen molar-refractivity contribution in [2.24, 2.45) is 0 Å². The van der Waals surface area contributed by atoms with Crippen molar-refractivity contribution >= 4 is 33.2 Å². The van der Waals surface area contributed by atoms with Crippen molar-refractivity contribution in [3.63, 3.8) is 0 Å². The summed E-state index contributed by atoms with van der Waals surface area (Å²) < 4.78 is 0. The van der Waals surface area contributed by atoms with Crippen LogP contribution in [0, 0.1) is 0 Å². The Morgan fingerprint density at radius 2 is 1.52 bits per heavy atom. The van der Waals surface area contributed by atoms with Gasteiger partial charge in [0, 0.05) is 16.6 Å². The molecule has 3 nitrogen and oxygen atoms in total. The Labute approximate surface area is 170 Å². The van der Waals surface area contributed by atoms with Crippen LogP contribution in [0.25, 0.3) is 33.1 Å². The highest BCUT2D eigenvalue weighted by Gasteiger charge is 2.10. The molecule has 5 rings (SSSR count). The predicted octanol–water partition coefficient (Wildman–Crippen LogP) is 6.76. The van der Waals surface area contributed by atoms with Crippen molar-refractivity contribution in [2.45, 2.75) is 13.3 Å². The van der Waals surface area contributed by atoms with E-state index < -0.39 is 0 Å². The highest BCUT2D eigenvalue weighted by atomic mass is 15.0. The second kappa shape index (κ2) is 7.36. The Morgan fingerprint density at radius 1 is 0.724 bits per heavy atom. The van der Waals surface area contributed by atoms with Gasteiger partial charge in [-0.25, -0.2) is 9.97 Å². The molecule has 4 aromatic carbocycles. The summed E-state index contributed by atoms with van der Waals surface area (Å²) in [6.07, 6.45) is 1.03. The molecule has 1 heterocycles. The third kappa shape index (κ3) is 3.43. The lowest BCUT2D eigenvalue weighted by molar-refractivity contribution is 1.15. The first-order valence-electron chi connectivity index (χ1n) is 9.92. The monoisotopic (exact) mass is 375 g/mol. The average molecular weight is 375 g/mol. The van der Waals surface area contributed by atoms with Crippen molar-refractivity contribution in [1.29, 1.82) is 0 Å². The number of anilines is 2. The van der Waals surface area contributed by atoms with Crippen LogP contribution >= 0.6 is 0 Å². The lowest BCUT2D eigenvalue weighted by atomic mass is 10.0. The standard InChI is InChI=1S/C26H21N3/c1-2-18-12-13-19-14-15-22(17-21(19)16-18)27-26-23-10-6-7-11-24(23)28-25(29-26)20-8-4-3-5-9-20/h3-17H,2H2,1H3,(H,27,28,29). The molecular weight excluding hydrogens is 354 g/mol. The number of rotatable bonds is 4. The van der Waals surface area contributed by atoms with E-state index in [-0.39, 0.29) is 0 Å². The number of nitrogens with one attached hydrogen (secondary N) is 1. The molecule has 0 aliphatic carbocycles. The molecule has 0 saturated heterocycles. The quantitative estimate of drug-likeness (QED) is 0.377. The van der Waals surface area contributed by atoms with E-state index in [1.807, 2.05) is 48.5 Å². The van der Waals surface area contributed by atoms with E-state index in [0.717, 1.165) is 40.2 Å². The predicted molar refractivity (Wildman–Crippen MR) is 122 cm³/mol. The van der Waals surface area contributed by atoms with E-state index in [1.165, 1.54) is 16.3 Å². The first-order chi connectivity index (χ1) is 14.3. The lowest BCUT2D eigenvalue weighted by Gasteiger charge is -2.12. The van der Waals surface area contributed by atoms with Gasteiger partial charge in [-0.15, -0.1) is 0 Å². The van der Waals surface area contributed by atoms with Gasteiger partial charge < -0.3 is 5.32 Å². The molecule has 0 atom stereocenters. The highest BCUT2D eigenvalue weighted by molar-refractivity contribution is 5.93. The van der Waals surface area contributed by atoms with Gasteiger partial charge >= 0.3 is 0 Å². The number of nitrogens with zero attached hydrogens (tertiary/aromatic N) is 2. The number of hydrogen-bond donors (Lipinski definition) is 1. The number of aryl methyl sites for hydroxylation is 1. The van der Waals surface area contributed by atoms with Gasteiger partial charge in [0.05, 0.1) is 5.52 Å². The number of para-hydroxylation sites is 1. The summed E-state index contributed by atoms with van der Waals surface area (Å²) in [6.45, 7) is 2.18. The van der Waals surface area contributed by atoms with Crippen molar-refractivity contribution in [3.05, 3.63) is 96.6 Å². The maximum Gasteiger partial charge on any atom is 0.162 e. The second-order valence-electron chi connectivity index (χ2n) is 7.15. The largest absolute Gasteiger partial charge is 0.340 e. The van der Waals surface area contributed by atoms with E-state index in [9.17, 15) is 0 Å². The fourth-order valence-corrected chi connectivity index (χ4v) is 3.62. The lowest BCUT2D eigenvalue weighted by Crippen LogP contribution is -1.99. The molecule has 0 spiro atoms. The van der Waals surface area contributed by atoms with Gasteiger partial charge in [0.15, 0.2) is 5.82 Å². The molecule has 0 radical (unpaired) electrons. The highest BCUT2D eigenvalue weighted by Crippen LogP contribution is 2.29. The van der Waals surface area contributed by atoms with Crippen LogP contribution in [-0.2, 0) is 6.42 Å². The Hall–Kier alpha value is -3.72. The summed E-state index contributed by atoms with van der Waals surface area (Å²) in [5, 5.41) is 7.02. The van der Waals surface area contributed by atoms with Gasteiger partial charge in [0.25, 0.3) is 0 Å². The minimum absolute atomic E-state index is 0.723. The Kier molecular flexibility index (Phi) is 4.41. The maximum absolute atomic E-state index is 4.86. The van der Waals surface area contributed by atoms with Crippen LogP contribution in [-0.4, -0.2) is 9.97 Å². The molecule has 29 heavy (non-hydrogen) atoms. The van der Waals surface area contributed by atoms with Crippen molar-refractivity contribution < 1.29 is 0 Å². The van der Waals surface area contributed by atoms with E-state index in [0.29, 0.717) is 0 Å². The summed E-state index contributed by atoms with van der Waals surface area (Å²) in [4.78, 5) is 9.63. The van der Waals surface area contributed by atoms with Crippen molar-refractivity contribution in [1.82, 2.24) is 9.97 Å². The normalized spacial score (nSPS) is 11.1. The van der Waals surface area contributed by atoms with E-state index in [2.05, 4.69) is 54.7 Å². The molecule has 0 aliphatic heterocycles. The van der Waals surface area contributed by atoms with Crippen LogP contribution in [0.2, 0.25) is 0 Å². The van der Waals surface area contributed by atoms with E-state index in [1.54, 1.807) is 0 Å². The van der Waals surface area contributed by atoms with E-state index in [4.69, 9.17) is 9.97 Å². The van der Waals surface area contributed by atoms with Gasteiger partial charge in [0.1, 0.15) is 5.82 Å². The van der Waals surface area contributed by atoms with Gasteiger partial charge in [-0.2, -0.15) is 0 Å². The molecule has 0 bridgehead atoms. The second-order valence-corrected chi connectivity index (χ2v) is 7.15. The summed E-state index contributed by atoms with van der Waals surface area (Å²) in [6, 6.07) is 31.3. The molecule has 1 N–H and O–H groups in total. The summed E-state index contributed by atoms with van der Waals surface area (Å²) in [5.41, 5.74) is 4.30. The zero-order valence-electron chi connectivity index (χ0n) is 16.3. The van der Waals surface area contributed by atoms with Crippen LogP contribution in [0.4, 0.5) is 11.5 Å². The third-order valence-electron chi connectivity index (χ3n) is 5.21. The van der Waals surface area contributed by atoms with Crippen LogP contribution in [0.3, 0.4) is 0 Å². The Bertz CT molecular complexity index is 1310. The summed E-state index contributed by atoms with van der Waals surface area (Å²) >= 11 is 0. The average Bonchev–Trinajstić information content (AvgIpc) is 2.79. The molecular formula is C26H21N3. The zero-order chi connectivity index (χ0) is 19.6. The molecule has 0 amide bonds. The van der Waals surface area contributed by atoms with Gasteiger partial charge in [0.2, 0.25) is 0 Å². The third-order valence-corrected chi connectivity index (χ3v) is 5.21. The SMILES string of the molecule is CCc1ccc2ccc(Nc3nc(-c4ccccc4)nc4ccccc34)cc2c1. The smallest absolute Gasteiger partial charge is 0.162 e. The number of hydrogen-bond acceptors (Lipinski definition) is 3. The molecule has 3 heteroatoms. The van der Waals surface area contributed by atoms with Crippen LogP contribution in [0.15, 0.2) is 91.0 Å². The van der Waals surface area contributed by atoms with Gasteiger partial charge in [-0.05, 0) is 47.0 Å². The molecule has 1 aromatic heterocycles. The molecule has 0 fully saturated rings. The van der Waals surface area contributed by atoms with Crippen LogP contribution < -0.4 is 5.32 Å². The summed E-state index contributed by atoms with van der Waals surface area (Å²) in [5.74, 6) is 1.54. The number of fused-ring (bicyclic) bond motifs is 2. The number of benzene rings is 4. The van der Waals surface area contributed by atoms with Gasteiger partial charge in [-0.3, -0.25) is 0 Å². The van der Waals surface area contributed by atoms with Crippen molar-refractivity contribution in [2.75, 3.05) is 5.32 Å². The fraction of sp³-hybridized carbons (Fsp3) is 0.0769. The van der Waals surface area contributed by atoms with Crippen LogP contribution in [0.1, 0.15) is 12.5 Å². The van der Waals surface area contributed by atoms with Crippen molar-refractivity contribution in [3.8, 4) is 11.4 Å². The first-order valence-corrected chi connectivity index (χ1v) is 9.92. The molecule has 5 aromatic rings. The minimum Gasteiger partial charge on any atom is -0.340 e. The fourth-order valence-electron chi connectivity index (χ4n) is 3.62. The molecule has 0 unspecified atom stereocenters. The minimum atomic E-state index is 0.723. The first kappa shape index (κ1) is 17.4.